The van der Waals surface area contributed by atoms with E-state index in [2.05, 4.69) is 10.4 Å². The van der Waals surface area contributed by atoms with Crippen LogP contribution in [0.3, 0.4) is 0 Å². The molecule has 3 aliphatic rings. The quantitative estimate of drug-likeness (QED) is 0.558. The number of amides is 1. The predicted molar refractivity (Wildman–Crippen MR) is 130 cm³/mol. The van der Waals surface area contributed by atoms with Crippen molar-refractivity contribution in [3.05, 3.63) is 46.8 Å². The van der Waals surface area contributed by atoms with Crippen molar-refractivity contribution in [1.29, 1.82) is 0 Å². The Morgan fingerprint density at radius 3 is 2.69 bits per heavy atom. The number of sulfone groups is 1. The monoisotopic (exact) mass is 496 g/mol. The number of pyridine rings is 1. The van der Waals surface area contributed by atoms with E-state index in [0.29, 0.717) is 60.8 Å². The van der Waals surface area contributed by atoms with E-state index in [4.69, 9.17) is 14.5 Å². The van der Waals surface area contributed by atoms with Gasteiger partial charge in [-0.3, -0.25) is 4.79 Å². The fourth-order valence-corrected chi connectivity index (χ4v) is 6.67. The highest BCUT2D eigenvalue weighted by Gasteiger charge is 2.34. The van der Waals surface area contributed by atoms with E-state index < -0.39 is 9.84 Å². The summed E-state index contributed by atoms with van der Waals surface area (Å²) in [5.41, 5.74) is 3.81. The number of fused-ring (bicyclic) bond motifs is 2. The minimum atomic E-state index is -3.07. The maximum absolute atomic E-state index is 13.3. The molecule has 1 N–H and O–H groups in total. The third-order valence-corrected chi connectivity index (χ3v) is 8.71. The topological polar surface area (TPSA) is 112 Å². The molecule has 1 aromatic carbocycles. The van der Waals surface area contributed by atoms with E-state index in [9.17, 15) is 13.2 Å². The largest absolute Gasteiger partial charge is 0.486 e. The summed E-state index contributed by atoms with van der Waals surface area (Å²) in [6, 6.07) is 7.49. The van der Waals surface area contributed by atoms with Gasteiger partial charge in [0.05, 0.1) is 34.2 Å². The number of carbonyl (C=O) groups is 1. The summed E-state index contributed by atoms with van der Waals surface area (Å²) in [4.78, 5) is 18.2. The molecule has 1 saturated carbocycles. The molecular formula is C25H28N4O5S. The predicted octanol–water partition coefficient (Wildman–Crippen LogP) is 2.72. The second-order valence-corrected chi connectivity index (χ2v) is 11.9. The van der Waals surface area contributed by atoms with Gasteiger partial charge in [0.2, 0.25) is 0 Å². The van der Waals surface area contributed by atoms with E-state index in [1.165, 1.54) is 0 Å². The Labute approximate surface area is 203 Å². The van der Waals surface area contributed by atoms with Crippen molar-refractivity contribution < 1.29 is 22.7 Å². The maximum Gasteiger partial charge on any atom is 0.252 e. The van der Waals surface area contributed by atoms with Gasteiger partial charge in [0, 0.05) is 18.2 Å². The van der Waals surface area contributed by atoms with Crippen LogP contribution in [0.4, 0.5) is 0 Å². The molecular weight excluding hydrogens is 468 g/mol. The molecule has 1 aliphatic carbocycles. The molecule has 1 saturated heterocycles. The Balaban J connectivity index is 1.26. The number of hydrogen-bond donors (Lipinski definition) is 1. The van der Waals surface area contributed by atoms with E-state index in [1.54, 1.807) is 4.68 Å². The standard InChI is InChI=1S/C25H28N4O5S/c1-15-23-19(25(30)26-8-6-16-2-5-21-22(12-16)34-10-9-33-21)13-20(17-3-4-17)27-24(23)29(28-15)18-7-11-35(31,32)14-18/h2,5,12-13,17-18H,3-4,6-11,14H2,1H3,(H,26,30)/t18-/m1/s1. The fraction of sp³-hybridized carbons (Fsp3) is 0.480. The van der Waals surface area contributed by atoms with Gasteiger partial charge in [-0.2, -0.15) is 5.10 Å². The zero-order valence-electron chi connectivity index (χ0n) is 19.6. The molecule has 0 unspecified atom stereocenters. The molecule has 0 radical (unpaired) electrons. The molecule has 0 spiro atoms. The molecule has 184 valence electrons. The van der Waals surface area contributed by atoms with Crippen LogP contribution in [0.15, 0.2) is 24.3 Å². The van der Waals surface area contributed by atoms with Crippen LogP contribution in [0, 0.1) is 6.92 Å². The number of hydrogen-bond acceptors (Lipinski definition) is 7. The lowest BCUT2D eigenvalue weighted by Crippen LogP contribution is -2.26. The Morgan fingerprint density at radius 1 is 1.14 bits per heavy atom. The second kappa shape index (κ2) is 8.51. The van der Waals surface area contributed by atoms with Crippen LogP contribution in [-0.4, -0.2) is 60.4 Å². The average Bonchev–Trinajstić information content (AvgIpc) is 3.56. The van der Waals surface area contributed by atoms with Gasteiger partial charge in [-0.15, -0.1) is 0 Å². The summed E-state index contributed by atoms with van der Waals surface area (Å²) in [6.07, 6.45) is 3.28. The number of aromatic nitrogens is 3. The van der Waals surface area contributed by atoms with Crippen LogP contribution in [-0.2, 0) is 16.3 Å². The van der Waals surface area contributed by atoms with Crippen molar-refractivity contribution >= 4 is 26.8 Å². The van der Waals surface area contributed by atoms with Crippen molar-refractivity contribution in [1.82, 2.24) is 20.1 Å². The zero-order valence-corrected chi connectivity index (χ0v) is 20.4. The number of nitrogens with one attached hydrogen (secondary N) is 1. The van der Waals surface area contributed by atoms with Crippen LogP contribution in [0.2, 0.25) is 0 Å². The van der Waals surface area contributed by atoms with Gasteiger partial charge in [0.25, 0.3) is 5.91 Å². The van der Waals surface area contributed by atoms with Crippen LogP contribution >= 0.6 is 0 Å². The molecule has 0 bridgehead atoms. The Morgan fingerprint density at radius 2 is 1.94 bits per heavy atom. The van der Waals surface area contributed by atoms with Crippen molar-refractivity contribution in [2.24, 2.45) is 0 Å². The highest BCUT2D eigenvalue weighted by atomic mass is 32.2. The highest BCUT2D eigenvalue weighted by molar-refractivity contribution is 7.91. The van der Waals surface area contributed by atoms with Crippen molar-refractivity contribution in [2.45, 2.75) is 44.6 Å². The first-order valence-corrected chi connectivity index (χ1v) is 14.0. The molecule has 1 atom stereocenters. The Kier molecular flexibility index (Phi) is 5.43. The summed E-state index contributed by atoms with van der Waals surface area (Å²) in [5, 5.41) is 8.41. The van der Waals surface area contributed by atoms with Crippen LogP contribution in [0.1, 0.15) is 58.5 Å². The number of ether oxygens (including phenoxy) is 2. The first-order valence-electron chi connectivity index (χ1n) is 12.1. The van der Waals surface area contributed by atoms with Gasteiger partial charge in [0.1, 0.15) is 13.2 Å². The van der Waals surface area contributed by atoms with Gasteiger partial charge in [0.15, 0.2) is 27.0 Å². The molecule has 4 heterocycles. The highest BCUT2D eigenvalue weighted by Crippen LogP contribution is 2.41. The van der Waals surface area contributed by atoms with Gasteiger partial charge < -0.3 is 14.8 Å². The summed E-state index contributed by atoms with van der Waals surface area (Å²) in [5.74, 6) is 1.89. The summed E-state index contributed by atoms with van der Waals surface area (Å²) in [7, 11) is -3.07. The van der Waals surface area contributed by atoms with E-state index in [0.717, 1.165) is 35.6 Å². The molecule has 2 fully saturated rings. The molecule has 3 aromatic rings. The Bertz CT molecular complexity index is 1430. The van der Waals surface area contributed by atoms with Gasteiger partial charge in [-0.1, -0.05) is 6.07 Å². The van der Waals surface area contributed by atoms with E-state index in [1.807, 2.05) is 31.2 Å². The summed E-state index contributed by atoms with van der Waals surface area (Å²) >= 11 is 0. The van der Waals surface area contributed by atoms with Crippen LogP contribution in [0.25, 0.3) is 11.0 Å². The second-order valence-electron chi connectivity index (χ2n) is 9.64. The van der Waals surface area contributed by atoms with Gasteiger partial charge in [-0.25, -0.2) is 18.1 Å². The molecule has 6 rings (SSSR count). The third kappa shape index (κ3) is 4.35. The number of rotatable bonds is 6. The van der Waals surface area contributed by atoms with Gasteiger partial charge in [-0.05, 0) is 56.4 Å². The van der Waals surface area contributed by atoms with Crippen LogP contribution in [0.5, 0.6) is 11.5 Å². The first kappa shape index (κ1) is 22.3. The first-order chi connectivity index (χ1) is 16.9. The average molecular weight is 497 g/mol. The number of aryl methyl sites for hydroxylation is 1. The molecule has 2 aliphatic heterocycles. The lowest BCUT2D eigenvalue weighted by atomic mass is 10.1. The minimum Gasteiger partial charge on any atom is -0.486 e. The van der Waals surface area contributed by atoms with Crippen molar-refractivity contribution in [2.75, 3.05) is 31.3 Å². The maximum atomic E-state index is 13.3. The summed E-state index contributed by atoms with van der Waals surface area (Å²) in [6.45, 7) is 3.41. The SMILES string of the molecule is Cc1nn([C@@H]2CCS(=O)(=O)C2)c2nc(C3CC3)cc(C(=O)NCCc3ccc4c(c3)OCCO4)c12. The number of carbonyl (C=O) groups excluding carboxylic acids is 1. The smallest absolute Gasteiger partial charge is 0.252 e. The molecule has 10 heteroatoms. The van der Waals surface area contributed by atoms with Crippen molar-refractivity contribution in [3.63, 3.8) is 0 Å². The van der Waals surface area contributed by atoms with Crippen LogP contribution < -0.4 is 14.8 Å². The number of nitrogens with zero attached hydrogens (tertiary/aromatic N) is 3. The molecule has 35 heavy (non-hydrogen) atoms. The fourth-order valence-electron chi connectivity index (χ4n) is 4.98. The van der Waals surface area contributed by atoms with Gasteiger partial charge >= 0.3 is 0 Å². The Hall–Kier alpha value is -3.14. The summed E-state index contributed by atoms with van der Waals surface area (Å²) < 4.78 is 37.2. The molecule has 2 aromatic heterocycles. The lowest BCUT2D eigenvalue weighted by Gasteiger charge is -2.19. The lowest BCUT2D eigenvalue weighted by molar-refractivity contribution is 0.0955. The van der Waals surface area contributed by atoms with E-state index >= 15 is 0 Å². The normalized spacial score (nSPS) is 20.8. The minimum absolute atomic E-state index is 0.0651. The molecule has 1 amide bonds. The molecule has 9 nitrogen and oxygen atoms in total. The third-order valence-electron chi connectivity index (χ3n) is 6.96. The zero-order chi connectivity index (χ0) is 24.2. The van der Waals surface area contributed by atoms with E-state index in [-0.39, 0.29) is 23.5 Å². The number of benzene rings is 1. The van der Waals surface area contributed by atoms with Crippen molar-refractivity contribution in [3.8, 4) is 11.5 Å².